The van der Waals surface area contributed by atoms with E-state index in [0.29, 0.717) is 0 Å². The fourth-order valence-electron chi connectivity index (χ4n) is 2.40. The topological polar surface area (TPSA) is 49.4 Å². The number of piperidine rings is 1. The van der Waals surface area contributed by atoms with E-state index in [1.807, 2.05) is 31.2 Å². The standard InChI is InChI=1S/C14H22N2O2S/c1-12-5-3-4-6-13(12)11-19(17,18)15-14-7-9-16(2)10-8-14/h3-6,14-15H,7-11H2,1-2H3. The zero-order valence-corrected chi connectivity index (χ0v) is 12.4. The predicted molar refractivity (Wildman–Crippen MR) is 77.5 cm³/mol. The molecule has 0 aromatic heterocycles. The van der Waals surface area contributed by atoms with E-state index in [4.69, 9.17) is 0 Å². The normalized spacial score (nSPS) is 18.6. The van der Waals surface area contributed by atoms with Gasteiger partial charge in [-0.1, -0.05) is 24.3 Å². The molecule has 1 N–H and O–H groups in total. The van der Waals surface area contributed by atoms with Crippen LogP contribution in [-0.4, -0.2) is 39.5 Å². The summed E-state index contributed by atoms with van der Waals surface area (Å²) in [4.78, 5) is 2.23. The Labute approximate surface area is 115 Å². The van der Waals surface area contributed by atoms with Crippen LogP contribution in [0.4, 0.5) is 0 Å². The Morgan fingerprint density at radius 2 is 1.89 bits per heavy atom. The number of hydrogen-bond donors (Lipinski definition) is 1. The largest absolute Gasteiger partial charge is 0.306 e. The van der Waals surface area contributed by atoms with E-state index in [9.17, 15) is 8.42 Å². The van der Waals surface area contributed by atoms with Crippen LogP contribution in [0.5, 0.6) is 0 Å². The SMILES string of the molecule is Cc1ccccc1CS(=O)(=O)NC1CCN(C)CC1. The number of aryl methyl sites for hydroxylation is 1. The van der Waals surface area contributed by atoms with Gasteiger partial charge in [0, 0.05) is 6.04 Å². The average molecular weight is 282 g/mol. The maximum Gasteiger partial charge on any atom is 0.216 e. The van der Waals surface area contributed by atoms with Gasteiger partial charge in [-0.2, -0.15) is 0 Å². The molecule has 4 nitrogen and oxygen atoms in total. The van der Waals surface area contributed by atoms with Crippen LogP contribution in [0.25, 0.3) is 0 Å². The van der Waals surface area contributed by atoms with Crippen LogP contribution in [0.3, 0.4) is 0 Å². The zero-order valence-electron chi connectivity index (χ0n) is 11.6. The molecule has 1 aliphatic rings. The lowest BCUT2D eigenvalue weighted by molar-refractivity contribution is 0.248. The number of rotatable bonds is 4. The lowest BCUT2D eigenvalue weighted by atomic mass is 10.1. The second-order valence-corrected chi connectivity index (χ2v) is 7.13. The van der Waals surface area contributed by atoms with E-state index < -0.39 is 10.0 Å². The van der Waals surface area contributed by atoms with Gasteiger partial charge in [-0.3, -0.25) is 0 Å². The summed E-state index contributed by atoms with van der Waals surface area (Å²) in [6, 6.07) is 7.72. The molecule has 19 heavy (non-hydrogen) atoms. The summed E-state index contributed by atoms with van der Waals surface area (Å²) in [5.74, 6) is 0.0754. The molecule has 1 aromatic rings. The smallest absolute Gasteiger partial charge is 0.216 e. The first-order valence-corrected chi connectivity index (χ1v) is 8.34. The molecule has 1 heterocycles. The number of likely N-dealkylation sites (tertiary alicyclic amines) is 1. The lowest BCUT2D eigenvalue weighted by Gasteiger charge is -2.29. The fourth-order valence-corrected chi connectivity index (χ4v) is 3.96. The Balaban J connectivity index is 1.97. The number of benzene rings is 1. The molecule has 0 aliphatic carbocycles. The van der Waals surface area contributed by atoms with Crippen molar-refractivity contribution in [1.29, 1.82) is 0 Å². The van der Waals surface area contributed by atoms with Crippen LogP contribution in [0.2, 0.25) is 0 Å². The minimum Gasteiger partial charge on any atom is -0.306 e. The van der Waals surface area contributed by atoms with Crippen LogP contribution < -0.4 is 4.72 Å². The van der Waals surface area contributed by atoms with Crippen LogP contribution in [0, 0.1) is 6.92 Å². The van der Waals surface area contributed by atoms with E-state index in [2.05, 4.69) is 16.7 Å². The van der Waals surface area contributed by atoms with Gasteiger partial charge in [0.2, 0.25) is 10.0 Å². The molecule has 106 valence electrons. The fraction of sp³-hybridized carbons (Fsp3) is 0.571. The molecule has 0 radical (unpaired) electrons. The van der Waals surface area contributed by atoms with Gasteiger partial charge in [-0.15, -0.1) is 0 Å². The minimum absolute atomic E-state index is 0.0754. The molecule has 0 amide bonds. The Kier molecular flexibility index (Phi) is 4.60. The third-order valence-corrected chi connectivity index (χ3v) is 5.06. The summed E-state index contributed by atoms with van der Waals surface area (Å²) in [6.07, 6.45) is 1.78. The van der Waals surface area contributed by atoms with E-state index >= 15 is 0 Å². The van der Waals surface area contributed by atoms with Crippen LogP contribution in [-0.2, 0) is 15.8 Å². The van der Waals surface area contributed by atoms with Crippen molar-refractivity contribution in [2.45, 2.75) is 31.6 Å². The van der Waals surface area contributed by atoms with Crippen molar-refractivity contribution in [1.82, 2.24) is 9.62 Å². The molecular weight excluding hydrogens is 260 g/mol. The second kappa shape index (κ2) is 6.03. The number of sulfonamides is 1. The summed E-state index contributed by atoms with van der Waals surface area (Å²) in [6.45, 7) is 3.86. The minimum atomic E-state index is -3.24. The van der Waals surface area contributed by atoms with Crippen molar-refractivity contribution in [3.8, 4) is 0 Å². The first-order chi connectivity index (χ1) is 8.96. The molecule has 1 aliphatic heterocycles. The summed E-state index contributed by atoms with van der Waals surface area (Å²) in [7, 11) is -1.18. The lowest BCUT2D eigenvalue weighted by Crippen LogP contribution is -2.43. The van der Waals surface area contributed by atoms with Gasteiger partial charge in [-0.05, 0) is 51.0 Å². The van der Waals surface area contributed by atoms with E-state index in [1.54, 1.807) is 0 Å². The Hall–Kier alpha value is -0.910. The molecule has 0 unspecified atom stereocenters. The molecular formula is C14H22N2O2S. The highest BCUT2D eigenvalue weighted by Crippen LogP contribution is 2.14. The molecule has 1 fully saturated rings. The van der Waals surface area contributed by atoms with Gasteiger partial charge in [-0.25, -0.2) is 13.1 Å². The van der Waals surface area contributed by atoms with Gasteiger partial charge in [0.1, 0.15) is 0 Å². The monoisotopic (exact) mass is 282 g/mol. The Morgan fingerprint density at radius 3 is 2.53 bits per heavy atom. The zero-order chi connectivity index (χ0) is 13.9. The second-order valence-electron chi connectivity index (χ2n) is 5.38. The highest BCUT2D eigenvalue weighted by molar-refractivity contribution is 7.88. The predicted octanol–water partition coefficient (Wildman–Crippen LogP) is 1.51. The first kappa shape index (κ1) is 14.5. The highest BCUT2D eigenvalue weighted by Gasteiger charge is 2.22. The van der Waals surface area contributed by atoms with E-state index in [-0.39, 0.29) is 11.8 Å². The van der Waals surface area contributed by atoms with Crippen LogP contribution in [0.1, 0.15) is 24.0 Å². The van der Waals surface area contributed by atoms with Gasteiger partial charge in [0.25, 0.3) is 0 Å². The van der Waals surface area contributed by atoms with E-state index in [1.165, 1.54) is 0 Å². The number of nitrogens with one attached hydrogen (secondary N) is 1. The quantitative estimate of drug-likeness (QED) is 0.910. The maximum absolute atomic E-state index is 12.2. The summed E-state index contributed by atoms with van der Waals surface area (Å²) >= 11 is 0. The number of nitrogens with zero attached hydrogens (tertiary/aromatic N) is 1. The average Bonchev–Trinajstić information content (AvgIpc) is 2.35. The molecule has 0 atom stereocenters. The summed E-state index contributed by atoms with van der Waals surface area (Å²) < 4.78 is 27.2. The van der Waals surface area contributed by atoms with Crippen molar-refractivity contribution in [3.63, 3.8) is 0 Å². The molecule has 0 bridgehead atoms. The van der Waals surface area contributed by atoms with Gasteiger partial charge < -0.3 is 4.90 Å². The molecule has 1 saturated heterocycles. The summed E-state index contributed by atoms with van der Waals surface area (Å²) in [5, 5.41) is 0. The third-order valence-electron chi connectivity index (χ3n) is 3.67. The molecule has 0 saturated carbocycles. The van der Waals surface area contributed by atoms with Crippen LogP contribution >= 0.6 is 0 Å². The van der Waals surface area contributed by atoms with Crippen molar-refractivity contribution in [2.24, 2.45) is 0 Å². The van der Waals surface area contributed by atoms with Crippen molar-refractivity contribution in [3.05, 3.63) is 35.4 Å². The first-order valence-electron chi connectivity index (χ1n) is 6.69. The Morgan fingerprint density at radius 1 is 1.26 bits per heavy atom. The summed E-state index contributed by atoms with van der Waals surface area (Å²) in [5.41, 5.74) is 1.90. The maximum atomic E-state index is 12.2. The molecule has 5 heteroatoms. The van der Waals surface area contributed by atoms with Gasteiger partial charge in [0.15, 0.2) is 0 Å². The Bertz CT molecular complexity index is 520. The van der Waals surface area contributed by atoms with Crippen molar-refractivity contribution < 1.29 is 8.42 Å². The van der Waals surface area contributed by atoms with Gasteiger partial charge >= 0.3 is 0 Å². The van der Waals surface area contributed by atoms with E-state index in [0.717, 1.165) is 37.1 Å². The van der Waals surface area contributed by atoms with Crippen LogP contribution in [0.15, 0.2) is 24.3 Å². The van der Waals surface area contributed by atoms with Crippen molar-refractivity contribution in [2.75, 3.05) is 20.1 Å². The molecule has 1 aromatic carbocycles. The molecule has 0 spiro atoms. The van der Waals surface area contributed by atoms with Gasteiger partial charge in [0.05, 0.1) is 5.75 Å². The highest BCUT2D eigenvalue weighted by atomic mass is 32.2. The third kappa shape index (κ3) is 4.30. The van der Waals surface area contributed by atoms with Crippen molar-refractivity contribution >= 4 is 10.0 Å². The number of hydrogen-bond acceptors (Lipinski definition) is 3. The molecule has 2 rings (SSSR count).